The molecule has 1 aliphatic heterocycles. The fourth-order valence-electron chi connectivity index (χ4n) is 3.19. The SMILES string of the molecule is C/N=C\C(C(=O)c1cc2cc(C(=O)N3CCN(C)CC3)ccc2[nH]1)=C(/C)N. The van der Waals surface area contributed by atoms with Gasteiger partial charge in [-0.3, -0.25) is 14.6 Å². The Bertz CT molecular complexity index is 929. The number of H-pyrrole nitrogens is 1. The van der Waals surface area contributed by atoms with Crippen molar-refractivity contribution in [2.24, 2.45) is 10.7 Å². The van der Waals surface area contributed by atoms with Gasteiger partial charge in [-0.1, -0.05) is 0 Å². The minimum atomic E-state index is -0.219. The van der Waals surface area contributed by atoms with Gasteiger partial charge in [0.2, 0.25) is 5.78 Å². The number of Topliss-reactive ketones (excluding diaryl/α,β-unsaturated/α-hetero) is 1. The lowest BCUT2D eigenvalue weighted by Crippen LogP contribution is -2.47. The maximum Gasteiger partial charge on any atom is 0.253 e. The summed E-state index contributed by atoms with van der Waals surface area (Å²) in [5.41, 5.74) is 8.44. The van der Waals surface area contributed by atoms with Gasteiger partial charge >= 0.3 is 0 Å². The zero-order valence-corrected chi connectivity index (χ0v) is 16.0. The third-order valence-corrected chi connectivity index (χ3v) is 4.83. The third-order valence-electron chi connectivity index (χ3n) is 4.83. The number of rotatable bonds is 4. The van der Waals surface area contributed by atoms with Gasteiger partial charge in [-0.05, 0) is 38.2 Å². The molecule has 2 aromatic rings. The maximum atomic E-state index is 12.8. The Morgan fingerprint density at radius 2 is 1.89 bits per heavy atom. The molecule has 27 heavy (non-hydrogen) atoms. The molecule has 1 saturated heterocycles. The van der Waals surface area contributed by atoms with Crippen LogP contribution in [0.1, 0.15) is 27.8 Å². The van der Waals surface area contributed by atoms with Crippen molar-refractivity contribution in [1.29, 1.82) is 0 Å². The van der Waals surface area contributed by atoms with Crippen LogP contribution in [0.4, 0.5) is 0 Å². The molecule has 2 heterocycles. The van der Waals surface area contributed by atoms with Crippen LogP contribution in [0.5, 0.6) is 0 Å². The van der Waals surface area contributed by atoms with E-state index in [0.29, 0.717) is 22.5 Å². The molecule has 1 aromatic heterocycles. The molecule has 0 radical (unpaired) electrons. The topological polar surface area (TPSA) is 94.8 Å². The normalized spacial score (nSPS) is 16.8. The van der Waals surface area contributed by atoms with E-state index in [1.54, 1.807) is 26.1 Å². The van der Waals surface area contributed by atoms with Crippen molar-refractivity contribution in [3.63, 3.8) is 0 Å². The number of carbonyl (C=O) groups excluding carboxylic acids is 2. The number of nitrogens with one attached hydrogen (secondary N) is 1. The van der Waals surface area contributed by atoms with Crippen LogP contribution in [-0.2, 0) is 0 Å². The van der Waals surface area contributed by atoms with E-state index in [1.807, 2.05) is 17.0 Å². The van der Waals surface area contributed by atoms with Crippen molar-refractivity contribution >= 4 is 28.8 Å². The number of hydrogen-bond donors (Lipinski definition) is 2. The van der Waals surface area contributed by atoms with Gasteiger partial charge in [0, 0.05) is 61.6 Å². The molecule has 0 unspecified atom stereocenters. The number of nitrogens with two attached hydrogens (primary N) is 1. The summed E-state index contributed by atoms with van der Waals surface area (Å²) in [4.78, 5) is 36.6. The number of benzene rings is 1. The standard InChI is InChI=1S/C20H25N5O2/c1-13(21)16(12-22-2)19(26)18-11-15-10-14(4-5-17(15)23-18)20(27)25-8-6-24(3)7-9-25/h4-5,10-12,23H,6-9,21H2,1-3H3/b16-13-,22-12-. The minimum Gasteiger partial charge on any atom is -0.402 e. The van der Waals surface area contributed by atoms with Crippen molar-refractivity contribution in [3.8, 4) is 0 Å². The Morgan fingerprint density at radius 3 is 2.52 bits per heavy atom. The van der Waals surface area contributed by atoms with Crippen LogP contribution in [-0.4, -0.2) is 73.0 Å². The van der Waals surface area contributed by atoms with Crippen molar-refractivity contribution in [3.05, 3.63) is 46.8 Å². The second-order valence-corrected chi connectivity index (χ2v) is 6.89. The number of aromatic amines is 1. The number of likely N-dealkylation sites (N-methyl/N-ethyl adjacent to an activating group) is 1. The number of carbonyl (C=O) groups is 2. The van der Waals surface area contributed by atoms with E-state index in [0.717, 1.165) is 37.1 Å². The summed E-state index contributed by atoms with van der Waals surface area (Å²) in [5, 5.41) is 0.820. The van der Waals surface area contributed by atoms with Gasteiger partial charge in [-0.2, -0.15) is 0 Å². The molecule has 142 valence electrons. The Balaban J connectivity index is 1.88. The van der Waals surface area contributed by atoms with Crippen LogP contribution in [0, 0.1) is 0 Å². The summed E-state index contributed by atoms with van der Waals surface area (Å²) < 4.78 is 0. The molecule has 3 N–H and O–H groups in total. The van der Waals surface area contributed by atoms with Gasteiger partial charge in [-0.25, -0.2) is 0 Å². The van der Waals surface area contributed by atoms with Gasteiger partial charge in [0.1, 0.15) is 0 Å². The summed E-state index contributed by atoms with van der Waals surface area (Å²) >= 11 is 0. The maximum absolute atomic E-state index is 12.8. The number of fused-ring (bicyclic) bond motifs is 1. The number of aromatic nitrogens is 1. The number of amides is 1. The van der Waals surface area contributed by atoms with Crippen molar-refractivity contribution in [2.75, 3.05) is 40.3 Å². The van der Waals surface area contributed by atoms with E-state index in [2.05, 4.69) is 21.9 Å². The summed E-state index contributed by atoms with van der Waals surface area (Å²) in [6.07, 6.45) is 1.46. The van der Waals surface area contributed by atoms with E-state index >= 15 is 0 Å². The molecule has 0 atom stereocenters. The predicted molar refractivity (Wildman–Crippen MR) is 107 cm³/mol. The largest absolute Gasteiger partial charge is 0.402 e. The van der Waals surface area contributed by atoms with E-state index in [9.17, 15) is 9.59 Å². The molecular weight excluding hydrogens is 342 g/mol. The summed E-state index contributed by atoms with van der Waals surface area (Å²) in [7, 11) is 3.65. The molecule has 7 heteroatoms. The molecule has 7 nitrogen and oxygen atoms in total. The van der Waals surface area contributed by atoms with Gasteiger partial charge in [0.25, 0.3) is 5.91 Å². The number of ketones is 1. The lowest BCUT2D eigenvalue weighted by atomic mass is 10.1. The number of allylic oxidation sites excluding steroid dienone is 2. The third kappa shape index (κ3) is 3.93. The van der Waals surface area contributed by atoms with E-state index < -0.39 is 0 Å². The fourth-order valence-corrected chi connectivity index (χ4v) is 3.19. The van der Waals surface area contributed by atoms with Gasteiger partial charge in [0.05, 0.1) is 11.3 Å². The number of hydrogen-bond acceptors (Lipinski definition) is 5. The first-order chi connectivity index (χ1) is 12.9. The van der Waals surface area contributed by atoms with Gasteiger partial charge in [0.15, 0.2) is 0 Å². The first-order valence-corrected chi connectivity index (χ1v) is 8.94. The molecule has 1 aromatic carbocycles. The van der Waals surface area contributed by atoms with Crippen LogP contribution in [0.2, 0.25) is 0 Å². The second-order valence-electron chi connectivity index (χ2n) is 6.89. The second kappa shape index (κ2) is 7.75. The minimum absolute atomic E-state index is 0.0237. The molecular formula is C20H25N5O2. The molecule has 1 aliphatic rings. The average Bonchev–Trinajstić information content (AvgIpc) is 3.08. The number of piperazine rings is 1. The molecule has 0 saturated carbocycles. The quantitative estimate of drug-likeness (QED) is 0.488. The smallest absolute Gasteiger partial charge is 0.253 e. The first-order valence-electron chi connectivity index (χ1n) is 8.94. The van der Waals surface area contributed by atoms with E-state index in [1.165, 1.54) is 6.21 Å². The summed E-state index contributed by atoms with van der Waals surface area (Å²) in [5.74, 6) is -0.195. The zero-order valence-electron chi connectivity index (χ0n) is 16.0. The van der Waals surface area contributed by atoms with Crippen molar-refractivity contribution in [1.82, 2.24) is 14.8 Å². The molecule has 1 fully saturated rings. The average molecular weight is 367 g/mol. The first kappa shape index (κ1) is 18.8. The predicted octanol–water partition coefficient (Wildman–Crippen LogP) is 1.67. The van der Waals surface area contributed by atoms with Crippen molar-refractivity contribution < 1.29 is 9.59 Å². The van der Waals surface area contributed by atoms with Crippen LogP contribution in [0.15, 0.2) is 40.5 Å². The highest BCUT2D eigenvalue weighted by molar-refractivity contribution is 6.22. The highest BCUT2D eigenvalue weighted by Gasteiger charge is 2.21. The monoisotopic (exact) mass is 367 g/mol. The molecule has 0 bridgehead atoms. The number of aliphatic imine (C=N–C) groups is 1. The van der Waals surface area contributed by atoms with Crippen LogP contribution >= 0.6 is 0 Å². The lowest BCUT2D eigenvalue weighted by molar-refractivity contribution is 0.0664. The Labute approximate surface area is 158 Å². The number of nitrogens with zero attached hydrogens (tertiary/aromatic N) is 3. The van der Waals surface area contributed by atoms with Crippen LogP contribution in [0.3, 0.4) is 0 Å². The van der Waals surface area contributed by atoms with Crippen LogP contribution in [0.25, 0.3) is 10.9 Å². The zero-order chi connectivity index (χ0) is 19.6. The fraction of sp³-hybridized carbons (Fsp3) is 0.350. The van der Waals surface area contributed by atoms with Gasteiger partial charge < -0.3 is 20.5 Å². The van der Waals surface area contributed by atoms with E-state index in [4.69, 9.17) is 5.73 Å². The summed E-state index contributed by atoms with van der Waals surface area (Å²) in [6.45, 7) is 4.88. The molecule has 0 spiro atoms. The van der Waals surface area contributed by atoms with Crippen LogP contribution < -0.4 is 5.73 Å². The molecule has 1 amide bonds. The highest BCUT2D eigenvalue weighted by Crippen LogP contribution is 2.21. The Kier molecular flexibility index (Phi) is 5.41. The van der Waals surface area contributed by atoms with Gasteiger partial charge in [-0.15, -0.1) is 0 Å². The molecule has 3 rings (SSSR count). The van der Waals surface area contributed by atoms with E-state index in [-0.39, 0.29) is 11.7 Å². The molecule has 0 aliphatic carbocycles. The summed E-state index contributed by atoms with van der Waals surface area (Å²) in [6, 6.07) is 7.22. The Morgan fingerprint density at radius 1 is 1.19 bits per heavy atom. The Hall–Kier alpha value is -2.93. The lowest BCUT2D eigenvalue weighted by Gasteiger charge is -2.32. The highest BCUT2D eigenvalue weighted by atomic mass is 16.2. The van der Waals surface area contributed by atoms with Crippen molar-refractivity contribution in [2.45, 2.75) is 6.92 Å².